The first-order valence-electron chi connectivity index (χ1n) is 8.70. The molecule has 1 N–H and O–H groups in total. The molecule has 0 aliphatic carbocycles. The van der Waals surface area contributed by atoms with E-state index in [0.717, 1.165) is 0 Å². The van der Waals surface area contributed by atoms with E-state index in [-0.39, 0.29) is 11.1 Å². The normalized spacial score (nSPS) is 20.5. The van der Waals surface area contributed by atoms with Gasteiger partial charge in [0.25, 0.3) is 8.32 Å². The Bertz CT molecular complexity index is 667. The highest BCUT2D eigenvalue weighted by Crippen LogP contribution is 2.37. The highest BCUT2D eigenvalue weighted by Gasteiger charge is 2.50. The number of rotatable bonds is 5. The van der Waals surface area contributed by atoms with Crippen LogP contribution in [0.5, 0.6) is 0 Å². The van der Waals surface area contributed by atoms with Crippen LogP contribution in [0.2, 0.25) is 5.04 Å². The molecule has 3 rings (SSSR count). The van der Waals surface area contributed by atoms with E-state index in [1.807, 2.05) is 12.1 Å². The summed E-state index contributed by atoms with van der Waals surface area (Å²) in [6.07, 6.45) is 2.27. The van der Waals surface area contributed by atoms with E-state index in [0.29, 0.717) is 6.61 Å². The molecule has 3 nitrogen and oxygen atoms in total. The first kappa shape index (κ1) is 17.9. The number of ether oxygens (including phenoxy) is 1. The molecule has 0 fully saturated rings. The molecule has 25 heavy (non-hydrogen) atoms. The Kier molecular flexibility index (Phi) is 5.13. The van der Waals surface area contributed by atoms with Crippen molar-refractivity contribution in [3.05, 3.63) is 73.0 Å². The van der Waals surface area contributed by atoms with Gasteiger partial charge < -0.3 is 14.3 Å². The van der Waals surface area contributed by atoms with Crippen LogP contribution in [0.15, 0.2) is 73.0 Å². The lowest BCUT2D eigenvalue weighted by Gasteiger charge is -2.43. The van der Waals surface area contributed by atoms with Gasteiger partial charge in [-0.1, -0.05) is 81.4 Å². The van der Waals surface area contributed by atoms with Crippen molar-refractivity contribution in [2.24, 2.45) is 0 Å². The highest BCUT2D eigenvalue weighted by molar-refractivity contribution is 6.99. The average molecular weight is 355 g/mol. The van der Waals surface area contributed by atoms with Crippen LogP contribution >= 0.6 is 0 Å². The van der Waals surface area contributed by atoms with Crippen molar-refractivity contribution in [1.82, 2.24) is 0 Å². The minimum Gasteiger partial charge on any atom is -0.493 e. The number of aliphatic hydroxyl groups excluding tert-OH is 1. The summed E-state index contributed by atoms with van der Waals surface area (Å²) < 4.78 is 12.2. The van der Waals surface area contributed by atoms with Crippen LogP contribution in [-0.4, -0.2) is 32.2 Å². The number of aliphatic hydroxyl groups is 1. The predicted octanol–water partition coefficient (Wildman–Crippen LogP) is 2.84. The molecule has 0 aromatic heterocycles. The topological polar surface area (TPSA) is 38.7 Å². The molecule has 1 heterocycles. The van der Waals surface area contributed by atoms with Gasteiger partial charge in [-0.05, 0) is 21.5 Å². The summed E-state index contributed by atoms with van der Waals surface area (Å²) in [6, 6.07) is 21.0. The van der Waals surface area contributed by atoms with E-state index >= 15 is 0 Å². The smallest absolute Gasteiger partial charge is 0.261 e. The van der Waals surface area contributed by atoms with Crippen LogP contribution in [-0.2, 0) is 9.16 Å². The molecule has 0 bridgehead atoms. The van der Waals surface area contributed by atoms with Crippen LogP contribution < -0.4 is 10.4 Å². The Morgan fingerprint density at radius 1 is 0.960 bits per heavy atom. The van der Waals surface area contributed by atoms with Crippen molar-refractivity contribution in [2.75, 3.05) is 6.61 Å². The van der Waals surface area contributed by atoms with E-state index in [1.54, 1.807) is 12.3 Å². The van der Waals surface area contributed by atoms with Gasteiger partial charge in [0.05, 0.1) is 12.9 Å². The molecule has 0 radical (unpaired) electrons. The molecular weight excluding hydrogens is 328 g/mol. The molecule has 132 valence electrons. The van der Waals surface area contributed by atoms with E-state index in [1.165, 1.54) is 10.4 Å². The third-order valence-corrected chi connectivity index (χ3v) is 9.80. The minimum absolute atomic E-state index is 0.0767. The van der Waals surface area contributed by atoms with Gasteiger partial charge in [-0.15, -0.1) is 0 Å². The van der Waals surface area contributed by atoms with Crippen molar-refractivity contribution in [1.29, 1.82) is 0 Å². The van der Waals surface area contributed by atoms with Crippen LogP contribution in [0.1, 0.15) is 20.8 Å². The third kappa shape index (κ3) is 3.43. The van der Waals surface area contributed by atoms with Crippen LogP contribution in [0, 0.1) is 0 Å². The SMILES string of the molecule is CC(C)(C)[Si](OC[C@H]1OC=C[C@@H]1O)(c1ccccc1)c1ccccc1. The zero-order valence-electron chi connectivity index (χ0n) is 15.1. The fourth-order valence-corrected chi connectivity index (χ4v) is 8.11. The zero-order chi connectivity index (χ0) is 17.9. The highest BCUT2D eigenvalue weighted by atomic mass is 28.4. The van der Waals surface area contributed by atoms with Crippen molar-refractivity contribution >= 4 is 18.7 Å². The molecule has 0 amide bonds. The Morgan fingerprint density at radius 2 is 1.48 bits per heavy atom. The number of benzene rings is 2. The molecule has 2 aromatic carbocycles. The van der Waals surface area contributed by atoms with Gasteiger partial charge in [-0.3, -0.25) is 0 Å². The lowest BCUT2D eigenvalue weighted by molar-refractivity contribution is 0.0264. The Morgan fingerprint density at radius 3 is 1.88 bits per heavy atom. The van der Waals surface area contributed by atoms with E-state index in [4.69, 9.17) is 9.16 Å². The maximum absolute atomic E-state index is 10.1. The summed E-state index contributed by atoms with van der Waals surface area (Å²) in [5.41, 5.74) is 0. The van der Waals surface area contributed by atoms with Gasteiger partial charge in [0.15, 0.2) is 0 Å². The molecule has 0 unspecified atom stereocenters. The van der Waals surface area contributed by atoms with Gasteiger partial charge in [0, 0.05) is 0 Å². The van der Waals surface area contributed by atoms with Gasteiger partial charge >= 0.3 is 0 Å². The lowest BCUT2D eigenvalue weighted by atomic mass is 10.2. The summed E-state index contributed by atoms with van der Waals surface area (Å²) in [4.78, 5) is 0. The molecule has 0 saturated carbocycles. The summed E-state index contributed by atoms with van der Waals surface area (Å²) in [5, 5.41) is 12.4. The maximum Gasteiger partial charge on any atom is 0.261 e. The van der Waals surface area contributed by atoms with Gasteiger partial charge in [0.2, 0.25) is 0 Å². The van der Waals surface area contributed by atoms with E-state index < -0.39 is 14.4 Å². The fraction of sp³-hybridized carbons (Fsp3) is 0.333. The molecule has 0 saturated heterocycles. The fourth-order valence-electron chi connectivity index (χ4n) is 3.54. The monoisotopic (exact) mass is 354 g/mol. The van der Waals surface area contributed by atoms with Crippen LogP contribution in [0.25, 0.3) is 0 Å². The first-order valence-corrected chi connectivity index (χ1v) is 10.6. The standard InChI is InChI=1S/C21H26O3Si/c1-21(2,3)25(17-10-6-4-7-11-17,18-12-8-5-9-13-18)24-16-20-19(22)14-15-23-20/h4-15,19-20,22H,16H2,1-3H3/t19-,20+/m0/s1. The van der Waals surface area contributed by atoms with Crippen molar-refractivity contribution in [2.45, 2.75) is 38.0 Å². The van der Waals surface area contributed by atoms with Crippen molar-refractivity contribution in [3.8, 4) is 0 Å². The minimum atomic E-state index is -2.57. The molecule has 2 atom stereocenters. The number of hydrogen-bond donors (Lipinski definition) is 1. The largest absolute Gasteiger partial charge is 0.493 e. The van der Waals surface area contributed by atoms with Crippen molar-refractivity contribution in [3.63, 3.8) is 0 Å². The quantitative estimate of drug-likeness (QED) is 0.839. The molecule has 0 spiro atoms. The molecule has 4 heteroatoms. The van der Waals surface area contributed by atoms with E-state index in [9.17, 15) is 5.11 Å². The lowest BCUT2D eigenvalue weighted by Crippen LogP contribution is -2.67. The molecule has 2 aromatic rings. The summed E-state index contributed by atoms with van der Waals surface area (Å²) >= 11 is 0. The summed E-state index contributed by atoms with van der Waals surface area (Å²) in [5.74, 6) is 0. The second-order valence-electron chi connectivity index (χ2n) is 7.47. The second-order valence-corrected chi connectivity index (χ2v) is 11.8. The molecule has 1 aliphatic heterocycles. The number of hydrogen-bond acceptors (Lipinski definition) is 3. The predicted molar refractivity (Wildman–Crippen MR) is 104 cm³/mol. The first-order chi connectivity index (χ1) is 11.9. The van der Waals surface area contributed by atoms with Crippen LogP contribution in [0.4, 0.5) is 0 Å². The summed E-state index contributed by atoms with van der Waals surface area (Å²) in [7, 11) is -2.57. The zero-order valence-corrected chi connectivity index (χ0v) is 16.1. The third-order valence-electron chi connectivity index (χ3n) is 4.79. The Labute approximate surface area is 151 Å². The summed E-state index contributed by atoms with van der Waals surface area (Å²) in [6.45, 7) is 7.08. The average Bonchev–Trinajstić information content (AvgIpc) is 3.01. The Balaban J connectivity index is 2.05. The van der Waals surface area contributed by atoms with Crippen molar-refractivity contribution < 1.29 is 14.3 Å². The molecular formula is C21H26O3Si. The van der Waals surface area contributed by atoms with Gasteiger partial charge in [-0.2, -0.15) is 0 Å². The maximum atomic E-state index is 10.1. The van der Waals surface area contributed by atoms with Gasteiger partial charge in [0.1, 0.15) is 12.2 Å². The van der Waals surface area contributed by atoms with Gasteiger partial charge in [-0.25, -0.2) is 0 Å². The van der Waals surface area contributed by atoms with Crippen LogP contribution in [0.3, 0.4) is 0 Å². The second kappa shape index (κ2) is 7.16. The molecule has 1 aliphatic rings. The van der Waals surface area contributed by atoms with E-state index in [2.05, 4.69) is 69.3 Å². The Hall–Kier alpha value is -1.88.